The van der Waals surface area contributed by atoms with Gasteiger partial charge in [0.1, 0.15) is 18.7 Å². The minimum absolute atomic E-state index is 0.195. The Balaban J connectivity index is 1.86. The highest BCUT2D eigenvalue weighted by atomic mass is 32.1. The predicted octanol–water partition coefficient (Wildman–Crippen LogP) is 2.58. The van der Waals surface area contributed by atoms with Gasteiger partial charge in [0.25, 0.3) is 0 Å². The number of nitrogens with zero attached hydrogens (tertiary/aromatic N) is 2. The maximum Gasteiger partial charge on any atom is 0.249 e. The number of hydrogen-bond acceptors (Lipinski definition) is 6. The smallest absolute Gasteiger partial charge is 0.249 e. The van der Waals surface area contributed by atoms with Gasteiger partial charge in [-0.1, -0.05) is 48.5 Å². The molecular formula is C28H36N4O4S. The molecule has 0 aliphatic heterocycles. The Labute approximate surface area is 222 Å². The van der Waals surface area contributed by atoms with Gasteiger partial charge in [0, 0.05) is 37.4 Å². The summed E-state index contributed by atoms with van der Waals surface area (Å²) in [4.78, 5) is 42.9. The monoisotopic (exact) mass is 524 g/mol. The Morgan fingerprint density at radius 1 is 0.946 bits per heavy atom. The topological polar surface area (TPSA) is 119 Å². The van der Waals surface area contributed by atoms with Crippen molar-refractivity contribution in [2.75, 3.05) is 27.3 Å². The Bertz CT molecular complexity index is 1220. The van der Waals surface area contributed by atoms with E-state index in [0.717, 1.165) is 21.2 Å². The molecule has 37 heavy (non-hydrogen) atoms. The summed E-state index contributed by atoms with van der Waals surface area (Å²) >= 11 is 1.50. The largest absolute Gasteiger partial charge is 0.370 e. The molecule has 0 spiro atoms. The first kappa shape index (κ1) is 28.3. The van der Waals surface area contributed by atoms with Gasteiger partial charge in [-0.25, -0.2) is 0 Å². The number of carbonyl (C=O) groups is 3. The first-order valence-corrected chi connectivity index (χ1v) is 13.0. The molecule has 4 N–H and O–H groups in total. The van der Waals surface area contributed by atoms with Crippen LogP contribution in [0.5, 0.6) is 0 Å². The average Bonchev–Trinajstić information content (AvgIpc) is 3.37. The minimum atomic E-state index is -0.863. The summed E-state index contributed by atoms with van der Waals surface area (Å²) in [5, 5.41) is 4.03. The molecule has 0 aliphatic carbocycles. The maximum absolute atomic E-state index is 13.8. The number of benzene rings is 2. The zero-order valence-corrected chi connectivity index (χ0v) is 22.7. The summed E-state index contributed by atoms with van der Waals surface area (Å²) in [6.45, 7) is 3.59. The van der Waals surface area contributed by atoms with Crippen LogP contribution in [0.15, 0.2) is 60.0 Å². The van der Waals surface area contributed by atoms with E-state index in [4.69, 9.17) is 16.2 Å². The molecule has 3 aromatic rings. The van der Waals surface area contributed by atoms with Crippen LogP contribution < -0.4 is 11.5 Å². The molecule has 1 heterocycles. The Morgan fingerprint density at radius 2 is 1.65 bits per heavy atom. The van der Waals surface area contributed by atoms with E-state index >= 15 is 0 Å². The fourth-order valence-corrected chi connectivity index (χ4v) is 4.84. The number of thiophene rings is 1. The van der Waals surface area contributed by atoms with Crippen molar-refractivity contribution in [1.29, 1.82) is 0 Å². The Hall–Kier alpha value is -3.27. The van der Waals surface area contributed by atoms with Crippen LogP contribution >= 0.6 is 11.3 Å². The second kappa shape index (κ2) is 12.3. The van der Waals surface area contributed by atoms with Gasteiger partial charge in [-0.3, -0.25) is 14.4 Å². The first-order chi connectivity index (χ1) is 17.5. The number of rotatable bonds is 12. The number of fused-ring (bicyclic) bond motifs is 1. The minimum Gasteiger partial charge on any atom is -0.370 e. The number of carbonyl (C=O) groups excluding carboxylic acids is 3. The van der Waals surface area contributed by atoms with Gasteiger partial charge in [0.05, 0.1) is 6.61 Å². The molecule has 198 valence electrons. The third-order valence-electron chi connectivity index (χ3n) is 6.21. The quantitative estimate of drug-likeness (QED) is 0.378. The molecule has 8 nitrogen and oxygen atoms in total. The van der Waals surface area contributed by atoms with Crippen molar-refractivity contribution in [2.45, 2.75) is 44.3 Å². The molecule has 0 radical (unpaired) electrons. The highest BCUT2D eigenvalue weighted by Crippen LogP contribution is 2.20. The fourth-order valence-electron chi connectivity index (χ4n) is 4.09. The Morgan fingerprint density at radius 3 is 2.27 bits per heavy atom. The number of primary amides is 1. The van der Waals surface area contributed by atoms with Gasteiger partial charge >= 0.3 is 0 Å². The van der Waals surface area contributed by atoms with Gasteiger partial charge in [0.2, 0.25) is 17.7 Å². The van der Waals surface area contributed by atoms with Gasteiger partial charge in [-0.2, -0.15) is 0 Å². The molecule has 3 amide bonds. The predicted molar refractivity (Wildman–Crippen MR) is 147 cm³/mol. The second-order valence-corrected chi connectivity index (χ2v) is 11.1. The fraction of sp³-hybridized carbons (Fsp3) is 0.393. The van der Waals surface area contributed by atoms with E-state index < -0.39 is 23.5 Å². The van der Waals surface area contributed by atoms with Crippen molar-refractivity contribution in [2.24, 2.45) is 11.5 Å². The van der Waals surface area contributed by atoms with E-state index in [1.54, 1.807) is 27.9 Å². The SMILES string of the molecule is CN(C(=O)COCC(C)(C)N)[C@H](Cc1ccc2ccccc2c1)C(=O)N(C)[C@H](Cc1cccs1)C(N)=O. The van der Waals surface area contributed by atoms with Crippen LogP contribution in [0.2, 0.25) is 0 Å². The van der Waals surface area contributed by atoms with Crippen LogP contribution in [0.1, 0.15) is 24.3 Å². The average molecular weight is 525 g/mol. The zero-order chi connectivity index (χ0) is 27.2. The van der Waals surface area contributed by atoms with Crippen molar-refractivity contribution in [3.05, 3.63) is 70.4 Å². The molecule has 3 rings (SSSR count). The van der Waals surface area contributed by atoms with Crippen LogP contribution in [-0.2, 0) is 32.0 Å². The van der Waals surface area contributed by atoms with Gasteiger partial charge in [-0.15, -0.1) is 11.3 Å². The third kappa shape index (κ3) is 7.85. The number of likely N-dealkylation sites (N-methyl/N-ethyl adjacent to an activating group) is 2. The van der Waals surface area contributed by atoms with E-state index in [-0.39, 0.29) is 31.4 Å². The van der Waals surface area contributed by atoms with Crippen molar-refractivity contribution in [3.8, 4) is 0 Å². The van der Waals surface area contributed by atoms with Crippen LogP contribution in [-0.4, -0.2) is 72.5 Å². The lowest BCUT2D eigenvalue weighted by molar-refractivity contribution is -0.149. The van der Waals surface area contributed by atoms with Crippen molar-refractivity contribution < 1.29 is 19.1 Å². The van der Waals surface area contributed by atoms with E-state index in [1.165, 1.54) is 21.1 Å². The maximum atomic E-state index is 13.8. The zero-order valence-electron chi connectivity index (χ0n) is 21.8. The van der Waals surface area contributed by atoms with Crippen molar-refractivity contribution in [3.63, 3.8) is 0 Å². The van der Waals surface area contributed by atoms with Crippen molar-refractivity contribution >= 4 is 39.8 Å². The van der Waals surface area contributed by atoms with Crippen molar-refractivity contribution in [1.82, 2.24) is 9.80 Å². The van der Waals surface area contributed by atoms with Gasteiger partial charge in [0.15, 0.2) is 0 Å². The summed E-state index contributed by atoms with van der Waals surface area (Å²) in [6.07, 6.45) is 0.577. The molecule has 0 saturated carbocycles. The summed E-state index contributed by atoms with van der Waals surface area (Å²) in [5.74, 6) is -1.33. The lowest BCUT2D eigenvalue weighted by Gasteiger charge is -2.34. The highest BCUT2D eigenvalue weighted by Gasteiger charge is 2.34. The summed E-state index contributed by atoms with van der Waals surface area (Å²) in [6, 6.07) is 16.0. The highest BCUT2D eigenvalue weighted by molar-refractivity contribution is 7.09. The molecule has 0 bridgehead atoms. The summed E-state index contributed by atoms with van der Waals surface area (Å²) in [7, 11) is 3.14. The normalized spacial score (nSPS) is 13.2. The van der Waals surface area contributed by atoms with Gasteiger partial charge < -0.3 is 26.0 Å². The van der Waals surface area contributed by atoms with E-state index in [9.17, 15) is 14.4 Å². The van der Waals surface area contributed by atoms with E-state index in [0.29, 0.717) is 6.42 Å². The number of hydrogen-bond donors (Lipinski definition) is 2. The number of amides is 3. The second-order valence-electron chi connectivity index (χ2n) is 10.0. The standard InChI is InChI=1S/C28H36N4O4S/c1-28(2,30)18-36-17-25(33)31(3)24(15-19-11-12-20-8-5-6-9-21(20)14-19)27(35)32(4)23(26(29)34)16-22-10-7-13-37-22/h5-14,23-24H,15-18,30H2,1-4H3,(H2,29,34)/t23-,24-/m1/s1. The van der Waals surface area contributed by atoms with E-state index in [2.05, 4.69) is 0 Å². The van der Waals surface area contributed by atoms with Crippen LogP contribution in [0.3, 0.4) is 0 Å². The van der Waals surface area contributed by atoms with Crippen LogP contribution in [0, 0.1) is 0 Å². The molecule has 0 unspecified atom stereocenters. The molecule has 0 fully saturated rings. The van der Waals surface area contributed by atoms with Crippen LogP contribution in [0.4, 0.5) is 0 Å². The molecule has 1 aromatic heterocycles. The molecular weight excluding hydrogens is 488 g/mol. The molecule has 9 heteroatoms. The lowest BCUT2D eigenvalue weighted by atomic mass is 9.99. The van der Waals surface area contributed by atoms with E-state index in [1.807, 2.05) is 60.0 Å². The number of nitrogens with two attached hydrogens (primary N) is 2. The summed E-state index contributed by atoms with van der Waals surface area (Å²) < 4.78 is 5.52. The van der Waals surface area contributed by atoms with Crippen LogP contribution in [0.25, 0.3) is 10.8 Å². The molecule has 2 atom stereocenters. The molecule has 0 aliphatic rings. The third-order valence-corrected chi connectivity index (χ3v) is 7.11. The Kier molecular flexibility index (Phi) is 9.42. The molecule has 0 saturated heterocycles. The lowest BCUT2D eigenvalue weighted by Crippen LogP contribution is -2.55. The summed E-state index contributed by atoms with van der Waals surface area (Å²) in [5.41, 5.74) is 12.0. The molecule has 2 aromatic carbocycles. The first-order valence-electron chi connectivity index (χ1n) is 12.1. The van der Waals surface area contributed by atoms with Gasteiger partial charge in [-0.05, 0) is 41.6 Å². The number of ether oxygens (including phenoxy) is 1.